The molecule has 0 unspecified atom stereocenters. The number of Topliss-reactive ketones (excluding diaryl/α,β-unsaturated/α-hetero) is 2. The van der Waals surface area contributed by atoms with Gasteiger partial charge in [0.2, 0.25) is 23.1 Å². The summed E-state index contributed by atoms with van der Waals surface area (Å²) in [5.74, 6) is -0.744. The largest absolute Gasteiger partial charge is 0.489 e. The van der Waals surface area contributed by atoms with Crippen LogP contribution in [-0.2, 0) is 28.6 Å². The molecule has 1 aliphatic carbocycles. The van der Waals surface area contributed by atoms with Gasteiger partial charge in [0.1, 0.15) is 0 Å². The van der Waals surface area contributed by atoms with E-state index in [-0.39, 0.29) is 29.1 Å². The Hall–Kier alpha value is -2.11. The molecular formula is C20H30O6. The van der Waals surface area contributed by atoms with Crippen molar-refractivity contribution >= 4 is 17.5 Å². The topological polar surface area (TPSA) is 78.9 Å². The number of carbonyl (C=O) groups is 3. The van der Waals surface area contributed by atoms with Gasteiger partial charge in [0.15, 0.2) is 0 Å². The normalized spacial score (nSPS) is 14.8. The molecule has 0 saturated heterocycles. The Balaban J connectivity index is 2.31. The lowest BCUT2D eigenvalue weighted by atomic mass is 9.89. The summed E-state index contributed by atoms with van der Waals surface area (Å²) in [5, 5.41) is 0. The van der Waals surface area contributed by atoms with Gasteiger partial charge in [-0.15, -0.1) is 0 Å². The first-order chi connectivity index (χ1) is 12.4. The van der Waals surface area contributed by atoms with E-state index < -0.39 is 0 Å². The smallest absolute Gasteiger partial charge is 0.302 e. The summed E-state index contributed by atoms with van der Waals surface area (Å²) in [4.78, 5) is 35.4. The second-order valence-corrected chi connectivity index (χ2v) is 6.39. The standard InChI is InChI=1S/C20H30O6/c1-14-16(18(23)20(25-4)19(24-3)17(14)22)12-10-8-6-5-7-9-11-13-26-15(2)21/h5-13H2,1-4H3. The summed E-state index contributed by atoms with van der Waals surface area (Å²) >= 11 is 0. The summed E-state index contributed by atoms with van der Waals surface area (Å²) in [5.41, 5.74) is 0.993. The molecule has 0 aromatic heterocycles. The molecule has 1 aliphatic rings. The zero-order valence-electron chi connectivity index (χ0n) is 16.3. The maximum Gasteiger partial charge on any atom is 0.302 e. The van der Waals surface area contributed by atoms with Crippen molar-refractivity contribution < 1.29 is 28.6 Å². The molecule has 0 spiro atoms. The SMILES string of the molecule is COC1=C(OC)C(=O)C(CCCCCCCCCOC(C)=O)=C(C)C1=O. The molecule has 6 nitrogen and oxygen atoms in total. The Labute approximate surface area is 155 Å². The fraction of sp³-hybridized carbons (Fsp3) is 0.650. The number of ether oxygens (including phenoxy) is 3. The van der Waals surface area contributed by atoms with Gasteiger partial charge in [-0.25, -0.2) is 0 Å². The molecule has 0 heterocycles. The van der Waals surface area contributed by atoms with E-state index in [1.165, 1.54) is 21.1 Å². The molecule has 0 bridgehead atoms. The van der Waals surface area contributed by atoms with E-state index in [4.69, 9.17) is 14.2 Å². The van der Waals surface area contributed by atoms with Crippen LogP contribution in [0.2, 0.25) is 0 Å². The first-order valence-electron chi connectivity index (χ1n) is 9.18. The highest BCUT2D eigenvalue weighted by atomic mass is 16.5. The molecule has 0 aliphatic heterocycles. The van der Waals surface area contributed by atoms with Crippen molar-refractivity contribution in [1.82, 2.24) is 0 Å². The Kier molecular flexibility index (Phi) is 9.70. The summed E-state index contributed by atoms with van der Waals surface area (Å²) < 4.78 is 15.0. The van der Waals surface area contributed by atoms with Gasteiger partial charge in [-0.2, -0.15) is 0 Å². The lowest BCUT2D eigenvalue weighted by Crippen LogP contribution is -2.25. The summed E-state index contributed by atoms with van der Waals surface area (Å²) in [6.45, 7) is 3.59. The third-order valence-electron chi connectivity index (χ3n) is 4.47. The van der Waals surface area contributed by atoms with Crippen LogP contribution in [0.1, 0.15) is 65.2 Å². The monoisotopic (exact) mass is 366 g/mol. The van der Waals surface area contributed by atoms with E-state index >= 15 is 0 Å². The molecule has 0 amide bonds. The van der Waals surface area contributed by atoms with Crippen LogP contribution in [0.15, 0.2) is 22.7 Å². The maximum atomic E-state index is 12.5. The van der Waals surface area contributed by atoms with Gasteiger partial charge in [0.25, 0.3) is 0 Å². The van der Waals surface area contributed by atoms with Crippen molar-refractivity contribution in [2.75, 3.05) is 20.8 Å². The number of unbranched alkanes of at least 4 members (excludes halogenated alkanes) is 6. The highest BCUT2D eigenvalue weighted by molar-refractivity contribution is 6.23. The molecule has 146 valence electrons. The van der Waals surface area contributed by atoms with Crippen LogP contribution < -0.4 is 0 Å². The molecule has 0 aromatic carbocycles. The molecule has 0 N–H and O–H groups in total. The maximum absolute atomic E-state index is 12.5. The van der Waals surface area contributed by atoms with Gasteiger partial charge in [-0.05, 0) is 26.2 Å². The Bertz CT molecular complexity index is 585. The number of carbonyl (C=O) groups excluding carboxylic acids is 3. The van der Waals surface area contributed by atoms with Crippen LogP contribution in [-0.4, -0.2) is 38.4 Å². The molecule has 26 heavy (non-hydrogen) atoms. The number of esters is 1. The number of hydrogen-bond donors (Lipinski definition) is 0. The second-order valence-electron chi connectivity index (χ2n) is 6.39. The predicted octanol–water partition coefficient (Wildman–Crippen LogP) is 3.64. The van der Waals surface area contributed by atoms with Crippen molar-refractivity contribution in [1.29, 1.82) is 0 Å². The average molecular weight is 366 g/mol. The van der Waals surface area contributed by atoms with Crippen molar-refractivity contribution in [2.24, 2.45) is 0 Å². The van der Waals surface area contributed by atoms with Crippen LogP contribution in [0.25, 0.3) is 0 Å². The van der Waals surface area contributed by atoms with Crippen molar-refractivity contribution in [3.8, 4) is 0 Å². The Morgan fingerprint density at radius 1 is 0.808 bits per heavy atom. The van der Waals surface area contributed by atoms with Gasteiger partial charge in [-0.1, -0.05) is 32.1 Å². The van der Waals surface area contributed by atoms with E-state index in [1.54, 1.807) is 6.92 Å². The second kappa shape index (κ2) is 11.5. The minimum absolute atomic E-state index is 0.00544. The van der Waals surface area contributed by atoms with E-state index in [1.807, 2.05) is 0 Å². The van der Waals surface area contributed by atoms with Crippen LogP contribution in [0.5, 0.6) is 0 Å². The van der Waals surface area contributed by atoms with E-state index in [9.17, 15) is 14.4 Å². The zero-order valence-corrected chi connectivity index (χ0v) is 16.3. The van der Waals surface area contributed by atoms with E-state index in [2.05, 4.69) is 0 Å². The minimum atomic E-state index is -0.272. The zero-order chi connectivity index (χ0) is 19.5. The summed E-state index contributed by atoms with van der Waals surface area (Å²) in [6, 6.07) is 0. The van der Waals surface area contributed by atoms with Crippen molar-refractivity contribution in [2.45, 2.75) is 65.2 Å². The first kappa shape index (κ1) is 21.9. The van der Waals surface area contributed by atoms with Crippen LogP contribution in [0, 0.1) is 0 Å². The third-order valence-corrected chi connectivity index (χ3v) is 4.47. The van der Waals surface area contributed by atoms with Crippen LogP contribution >= 0.6 is 0 Å². The fourth-order valence-electron chi connectivity index (χ4n) is 3.00. The molecule has 0 aromatic rings. The lowest BCUT2D eigenvalue weighted by molar-refractivity contribution is -0.141. The molecule has 0 atom stereocenters. The van der Waals surface area contributed by atoms with E-state index in [0.29, 0.717) is 24.2 Å². The van der Waals surface area contributed by atoms with Crippen molar-refractivity contribution in [3.63, 3.8) is 0 Å². The molecule has 0 fully saturated rings. The molecular weight excluding hydrogens is 336 g/mol. The molecule has 0 saturated carbocycles. The van der Waals surface area contributed by atoms with Gasteiger partial charge >= 0.3 is 5.97 Å². The number of allylic oxidation sites excluding steroid dienone is 2. The highest BCUT2D eigenvalue weighted by Crippen LogP contribution is 2.28. The molecule has 0 radical (unpaired) electrons. The van der Waals surface area contributed by atoms with Crippen molar-refractivity contribution in [3.05, 3.63) is 22.7 Å². The quantitative estimate of drug-likeness (QED) is 0.298. The summed E-state index contributed by atoms with van der Waals surface area (Å²) in [7, 11) is 2.74. The van der Waals surface area contributed by atoms with Crippen LogP contribution in [0.3, 0.4) is 0 Å². The van der Waals surface area contributed by atoms with Gasteiger partial charge < -0.3 is 14.2 Å². The number of rotatable bonds is 12. The number of hydrogen-bond acceptors (Lipinski definition) is 6. The van der Waals surface area contributed by atoms with Gasteiger partial charge in [0, 0.05) is 18.1 Å². The Morgan fingerprint density at radius 2 is 1.31 bits per heavy atom. The van der Waals surface area contributed by atoms with Gasteiger partial charge in [0.05, 0.1) is 20.8 Å². The fourth-order valence-corrected chi connectivity index (χ4v) is 3.00. The van der Waals surface area contributed by atoms with Crippen LogP contribution in [0.4, 0.5) is 0 Å². The molecule has 6 heteroatoms. The lowest BCUT2D eigenvalue weighted by Gasteiger charge is -2.20. The first-order valence-corrected chi connectivity index (χ1v) is 9.18. The van der Waals surface area contributed by atoms with E-state index in [0.717, 1.165) is 44.9 Å². The predicted molar refractivity (Wildman–Crippen MR) is 97.3 cm³/mol. The third kappa shape index (κ3) is 6.32. The highest BCUT2D eigenvalue weighted by Gasteiger charge is 2.34. The Morgan fingerprint density at radius 3 is 1.85 bits per heavy atom. The minimum Gasteiger partial charge on any atom is -0.489 e. The molecule has 1 rings (SSSR count). The summed E-state index contributed by atoms with van der Waals surface area (Å²) in [6.07, 6.45) is 7.69. The average Bonchev–Trinajstić information content (AvgIpc) is 2.61. The number of ketones is 2. The number of methoxy groups -OCH3 is 2. The van der Waals surface area contributed by atoms with Gasteiger partial charge in [-0.3, -0.25) is 14.4 Å².